The Morgan fingerprint density at radius 3 is 3.05 bits per heavy atom. The van der Waals surface area contributed by atoms with Gasteiger partial charge in [0.15, 0.2) is 6.10 Å². The third-order valence-corrected chi connectivity index (χ3v) is 4.90. The molecule has 2 heterocycles. The fourth-order valence-corrected chi connectivity index (χ4v) is 3.83. The first-order valence-electron chi connectivity index (χ1n) is 7.75. The SMILES string of the molecule is O=C1Nc2cc(N3CCOC4CCCCC43)ccc2C1O. The number of anilines is 2. The maximum atomic E-state index is 11.6. The summed E-state index contributed by atoms with van der Waals surface area (Å²) in [5.41, 5.74) is 2.53. The fraction of sp³-hybridized carbons (Fsp3) is 0.562. The molecule has 112 valence electrons. The van der Waals surface area contributed by atoms with E-state index in [-0.39, 0.29) is 5.91 Å². The Kier molecular flexibility index (Phi) is 3.12. The molecule has 5 heteroatoms. The Morgan fingerprint density at radius 2 is 2.14 bits per heavy atom. The van der Waals surface area contributed by atoms with Gasteiger partial charge >= 0.3 is 0 Å². The van der Waals surface area contributed by atoms with Crippen molar-refractivity contribution in [3.63, 3.8) is 0 Å². The van der Waals surface area contributed by atoms with Crippen LogP contribution in [0.1, 0.15) is 37.4 Å². The van der Waals surface area contributed by atoms with Gasteiger partial charge in [-0.15, -0.1) is 0 Å². The molecule has 3 atom stereocenters. The number of morpholine rings is 1. The largest absolute Gasteiger partial charge is 0.378 e. The maximum Gasteiger partial charge on any atom is 0.257 e. The second-order valence-corrected chi connectivity index (χ2v) is 6.12. The molecule has 5 nitrogen and oxygen atoms in total. The highest BCUT2D eigenvalue weighted by atomic mass is 16.5. The number of carbonyl (C=O) groups excluding carboxylic acids is 1. The summed E-state index contributed by atoms with van der Waals surface area (Å²) in [4.78, 5) is 14.0. The van der Waals surface area contributed by atoms with Gasteiger partial charge in [0, 0.05) is 23.5 Å². The van der Waals surface area contributed by atoms with E-state index in [2.05, 4.69) is 10.2 Å². The lowest BCUT2D eigenvalue weighted by Gasteiger charge is -2.45. The molecule has 1 aliphatic carbocycles. The lowest BCUT2D eigenvalue weighted by atomic mass is 9.89. The average molecular weight is 288 g/mol. The summed E-state index contributed by atoms with van der Waals surface area (Å²) < 4.78 is 5.91. The van der Waals surface area contributed by atoms with E-state index < -0.39 is 6.10 Å². The van der Waals surface area contributed by atoms with E-state index in [1.54, 1.807) is 0 Å². The van der Waals surface area contributed by atoms with E-state index in [0.29, 0.717) is 17.7 Å². The fourth-order valence-electron chi connectivity index (χ4n) is 3.83. The molecule has 0 bridgehead atoms. The number of hydrogen-bond acceptors (Lipinski definition) is 4. The Bertz CT molecular complexity index is 573. The molecule has 4 rings (SSSR count). The molecule has 0 spiro atoms. The summed E-state index contributed by atoms with van der Waals surface area (Å²) in [6.45, 7) is 1.64. The van der Waals surface area contributed by atoms with E-state index in [0.717, 1.165) is 37.4 Å². The standard InChI is InChI=1S/C16H20N2O3/c19-15-11-6-5-10(9-12(11)17-16(15)20)18-7-8-21-14-4-2-1-3-13(14)18/h5-6,9,13-15,19H,1-4,7-8H2,(H,17,20). The number of hydrogen-bond donors (Lipinski definition) is 2. The summed E-state index contributed by atoms with van der Waals surface area (Å²) in [6, 6.07) is 6.30. The van der Waals surface area contributed by atoms with Crippen LogP contribution in [0.15, 0.2) is 18.2 Å². The molecular weight excluding hydrogens is 268 g/mol. The Hall–Kier alpha value is -1.59. The minimum Gasteiger partial charge on any atom is -0.378 e. The molecule has 2 N–H and O–H groups in total. The first-order chi connectivity index (χ1) is 10.2. The van der Waals surface area contributed by atoms with E-state index in [1.807, 2.05) is 18.2 Å². The number of carbonyl (C=O) groups is 1. The Balaban J connectivity index is 1.64. The molecule has 3 unspecified atom stereocenters. The zero-order valence-corrected chi connectivity index (χ0v) is 11.9. The van der Waals surface area contributed by atoms with Gasteiger partial charge in [0.25, 0.3) is 5.91 Å². The van der Waals surface area contributed by atoms with E-state index >= 15 is 0 Å². The highest BCUT2D eigenvalue weighted by molar-refractivity contribution is 6.02. The smallest absolute Gasteiger partial charge is 0.257 e. The molecule has 2 fully saturated rings. The van der Waals surface area contributed by atoms with Gasteiger partial charge < -0.3 is 20.1 Å². The van der Waals surface area contributed by atoms with Crippen molar-refractivity contribution in [3.05, 3.63) is 23.8 Å². The van der Waals surface area contributed by atoms with Crippen LogP contribution in [0.3, 0.4) is 0 Å². The Morgan fingerprint density at radius 1 is 1.29 bits per heavy atom. The molecule has 2 aliphatic heterocycles. The van der Waals surface area contributed by atoms with E-state index in [9.17, 15) is 9.90 Å². The third kappa shape index (κ3) is 2.12. The van der Waals surface area contributed by atoms with Crippen LogP contribution in [-0.4, -0.2) is 36.3 Å². The van der Waals surface area contributed by atoms with Gasteiger partial charge in [-0.25, -0.2) is 0 Å². The quantitative estimate of drug-likeness (QED) is 0.827. The average Bonchev–Trinajstić information content (AvgIpc) is 2.81. The van der Waals surface area contributed by atoms with Crippen LogP contribution in [-0.2, 0) is 9.53 Å². The van der Waals surface area contributed by atoms with Crippen molar-refractivity contribution in [1.82, 2.24) is 0 Å². The lowest BCUT2D eigenvalue weighted by molar-refractivity contribution is -0.123. The molecule has 0 radical (unpaired) electrons. The molecule has 3 aliphatic rings. The second-order valence-electron chi connectivity index (χ2n) is 6.12. The van der Waals surface area contributed by atoms with Crippen molar-refractivity contribution in [2.24, 2.45) is 0 Å². The molecule has 0 aromatic heterocycles. The summed E-state index contributed by atoms with van der Waals surface area (Å²) in [5.74, 6) is -0.334. The van der Waals surface area contributed by atoms with Crippen molar-refractivity contribution in [2.45, 2.75) is 43.9 Å². The van der Waals surface area contributed by atoms with Crippen LogP contribution in [0.2, 0.25) is 0 Å². The van der Waals surface area contributed by atoms with Gasteiger partial charge in [-0.3, -0.25) is 4.79 Å². The molecular formula is C16H20N2O3. The minimum atomic E-state index is -1.03. The molecule has 1 amide bonds. The van der Waals surface area contributed by atoms with Gasteiger partial charge in [-0.2, -0.15) is 0 Å². The van der Waals surface area contributed by atoms with Crippen LogP contribution in [0.25, 0.3) is 0 Å². The summed E-state index contributed by atoms with van der Waals surface area (Å²) in [5, 5.41) is 12.5. The minimum absolute atomic E-state index is 0.334. The molecule has 1 saturated heterocycles. The Labute approximate surface area is 123 Å². The lowest BCUT2D eigenvalue weighted by Crippen LogP contribution is -2.52. The zero-order valence-electron chi connectivity index (χ0n) is 11.9. The van der Waals surface area contributed by atoms with E-state index in [4.69, 9.17) is 4.74 Å². The summed E-state index contributed by atoms with van der Waals surface area (Å²) in [7, 11) is 0. The highest BCUT2D eigenvalue weighted by Gasteiger charge is 2.35. The number of ether oxygens (including phenoxy) is 1. The normalized spacial score (nSPS) is 31.6. The second kappa shape index (κ2) is 5.00. The van der Waals surface area contributed by atoms with Gasteiger partial charge in [0.1, 0.15) is 0 Å². The van der Waals surface area contributed by atoms with Crippen molar-refractivity contribution in [2.75, 3.05) is 23.4 Å². The van der Waals surface area contributed by atoms with Crippen molar-refractivity contribution in [3.8, 4) is 0 Å². The molecule has 1 saturated carbocycles. The number of benzene rings is 1. The number of rotatable bonds is 1. The van der Waals surface area contributed by atoms with Crippen molar-refractivity contribution in [1.29, 1.82) is 0 Å². The van der Waals surface area contributed by atoms with Crippen molar-refractivity contribution < 1.29 is 14.6 Å². The number of nitrogens with one attached hydrogen (secondary N) is 1. The monoisotopic (exact) mass is 288 g/mol. The van der Waals surface area contributed by atoms with Gasteiger partial charge in [-0.05, 0) is 25.0 Å². The number of aliphatic hydroxyl groups is 1. The summed E-state index contributed by atoms with van der Waals surface area (Å²) >= 11 is 0. The van der Waals surface area contributed by atoms with E-state index in [1.165, 1.54) is 12.8 Å². The predicted molar refractivity (Wildman–Crippen MR) is 79.4 cm³/mol. The molecule has 1 aromatic carbocycles. The summed E-state index contributed by atoms with van der Waals surface area (Å²) in [6.07, 6.45) is 4.11. The van der Waals surface area contributed by atoms with Crippen LogP contribution >= 0.6 is 0 Å². The third-order valence-electron chi connectivity index (χ3n) is 4.90. The van der Waals surface area contributed by atoms with Crippen LogP contribution in [0.5, 0.6) is 0 Å². The topological polar surface area (TPSA) is 61.8 Å². The van der Waals surface area contributed by atoms with Gasteiger partial charge in [0.05, 0.1) is 18.8 Å². The van der Waals surface area contributed by atoms with Crippen LogP contribution in [0, 0.1) is 0 Å². The number of fused-ring (bicyclic) bond motifs is 2. The first kappa shape index (κ1) is 13.1. The van der Waals surface area contributed by atoms with Gasteiger partial charge in [0.2, 0.25) is 0 Å². The van der Waals surface area contributed by atoms with Crippen LogP contribution < -0.4 is 10.2 Å². The highest BCUT2D eigenvalue weighted by Crippen LogP contribution is 2.37. The zero-order chi connectivity index (χ0) is 14.4. The van der Waals surface area contributed by atoms with Crippen LogP contribution in [0.4, 0.5) is 11.4 Å². The molecule has 1 aromatic rings. The predicted octanol–water partition coefficient (Wildman–Crippen LogP) is 1.82. The number of nitrogens with zero attached hydrogens (tertiary/aromatic N) is 1. The number of aliphatic hydroxyl groups excluding tert-OH is 1. The van der Waals surface area contributed by atoms with Gasteiger partial charge in [-0.1, -0.05) is 18.9 Å². The van der Waals surface area contributed by atoms with Crippen molar-refractivity contribution >= 4 is 17.3 Å². The number of amides is 1. The molecule has 21 heavy (non-hydrogen) atoms. The maximum absolute atomic E-state index is 11.6. The first-order valence-corrected chi connectivity index (χ1v) is 7.75.